The highest BCUT2D eigenvalue weighted by Gasteiger charge is 2.54. The predicted molar refractivity (Wildman–Crippen MR) is 186 cm³/mol. The number of phenols is 3. The Morgan fingerprint density at radius 3 is 2.33 bits per heavy atom. The molecule has 8 atom stereocenters. The molecule has 0 saturated carbocycles. The molecule has 2 aliphatic heterocycles. The number of methoxy groups -OCH3 is 2. The minimum atomic E-state index is -2.19. The van der Waals surface area contributed by atoms with Gasteiger partial charge in [0.15, 0.2) is 46.4 Å². The number of aliphatic hydroxyl groups is 5. The van der Waals surface area contributed by atoms with Crippen molar-refractivity contribution in [2.75, 3.05) is 34.0 Å². The summed E-state index contributed by atoms with van der Waals surface area (Å²) in [5, 5.41) is 83.9. The summed E-state index contributed by atoms with van der Waals surface area (Å²) < 4.78 is 44.0. The maximum Gasteiger partial charge on any atom is 0.330 e. The van der Waals surface area contributed by atoms with E-state index in [-0.39, 0.29) is 45.5 Å². The second-order valence-corrected chi connectivity index (χ2v) is 12.7. The van der Waals surface area contributed by atoms with Crippen LogP contribution >= 0.6 is 0 Å². The molecule has 0 bridgehead atoms. The summed E-state index contributed by atoms with van der Waals surface area (Å²) in [6.07, 6.45) is -9.53. The van der Waals surface area contributed by atoms with Crippen LogP contribution in [0.1, 0.15) is 5.56 Å². The third-order valence-electron chi connectivity index (χ3n) is 9.00. The number of aliphatic hydroxyl groups excluding tert-OH is 4. The van der Waals surface area contributed by atoms with Crippen LogP contribution in [0.5, 0.6) is 34.5 Å². The van der Waals surface area contributed by atoms with Crippen molar-refractivity contribution in [3.05, 3.63) is 76.5 Å². The Bertz CT molecular complexity index is 2110. The summed E-state index contributed by atoms with van der Waals surface area (Å²) in [6, 6.07) is 12.0. The van der Waals surface area contributed by atoms with Crippen LogP contribution in [-0.2, 0) is 23.7 Å². The Hall–Kier alpha value is -5.44. The first kappa shape index (κ1) is 39.3. The van der Waals surface area contributed by atoms with Crippen LogP contribution in [0.25, 0.3) is 28.4 Å². The molecule has 0 spiro atoms. The van der Waals surface area contributed by atoms with E-state index in [0.29, 0.717) is 11.1 Å². The number of aromatic hydroxyl groups is 3. The first-order chi connectivity index (χ1) is 26.2. The molecule has 4 aromatic rings. The van der Waals surface area contributed by atoms with Gasteiger partial charge in [-0.2, -0.15) is 0 Å². The fourth-order valence-electron chi connectivity index (χ4n) is 5.97. The van der Waals surface area contributed by atoms with Crippen molar-refractivity contribution in [3.8, 4) is 45.8 Å². The molecular formula is C37H38O18. The first-order valence-electron chi connectivity index (χ1n) is 16.6. The van der Waals surface area contributed by atoms with E-state index in [0.717, 1.165) is 18.2 Å². The molecule has 294 valence electrons. The monoisotopic (exact) mass is 770 g/mol. The van der Waals surface area contributed by atoms with Crippen molar-refractivity contribution in [2.24, 2.45) is 0 Å². The van der Waals surface area contributed by atoms with Gasteiger partial charge in [0.2, 0.25) is 6.29 Å². The summed E-state index contributed by atoms with van der Waals surface area (Å²) in [7, 11) is 2.70. The molecule has 18 heteroatoms. The zero-order chi connectivity index (χ0) is 39.6. The van der Waals surface area contributed by atoms with Gasteiger partial charge < -0.3 is 78.4 Å². The van der Waals surface area contributed by atoms with E-state index < -0.39 is 85.7 Å². The standard InChI is InChI=1S/C37H38O18/c1-48-25-9-17(3-6-20(25)39)4-8-29(43)50-15-37(47)16-51-36(34(37)46)55-33-32(45)31(44)28(14-38)54-35(33)52-19-11-22(41)30-23(42)13-24(53-27(30)12-19)18-5-7-21(40)26(10-18)49-2/h3-13,28,31-36,38-41,44-47H,14-16H2,1-2H3/b8-4+/t28-,31-,32+,33-,34+,35-,36+,37-/m1/s1. The lowest BCUT2D eigenvalue weighted by Gasteiger charge is -2.42. The number of carbonyl (C=O) groups is 1. The molecule has 2 saturated heterocycles. The van der Waals surface area contributed by atoms with Gasteiger partial charge in [-0.05, 0) is 42.0 Å². The molecule has 6 rings (SSSR count). The van der Waals surface area contributed by atoms with Crippen molar-refractivity contribution in [3.63, 3.8) is 0 Å². The zero-order valence-electron chi connectivity index (χ0n) is 29.2. The minimum Gasteiger partial charge on any atom is -0.507 e. The summed E-state index contributed by atoms with van der Waals surface area (Å²) in [4.78, 5) is 25.5. The second-order valence-electron chi connectivity index (χ2n) is 12.7. The van der Waals surface area contributed by atoms with Gasteiger partial charge >= 0.3 is 5.97 Å². The highest BCUT2D eigenvalue weighted by atomic mass is 16.8. The van der Waals surface area contributed by atoms with Crippen molar-refractivity contribution < 1.29 is 83.2 Å². The van der Waals surface area contributed by atoms with Gasteiger partial charge in [0.05, 0.1) is 27.4 Å². The molecule has 2 fully saturated rings. The van der Waals surface area contributed by atoms with Gasteiger partial charge in [-0.3, -0.25) is 4.79 Å². The maximum absolute atomic E-state index is 13.0. The fraction of sp³-hybridized carbons (Fsp3) is 0.351. The van der Waals surface area contributed by atoms with Crippen molar-refractivity contribution in [1.82, 2.24) is 0 Å². The molecule has 0 unspecified atom stereocenters. The molecule has 0 aliphatic carbocycles. The van der Waals surface area contributed by atoms with Crippen LogP contribution in [0, 0.1) is 0 Å². The number of carbonyl (C=O) groups excluding carboxylic acids is 1. The summed E-state index contributed by atoms with van der Waals surface area (Å²) >= 11 is 0. The lowest BCUT2D eigenvalue weighted by Crippen LogP contribution is -2.62. The van der Waals surface area contributed by atoms with Gasteiger partial charge in [0, 0.05) is 29.8 Å². The minimum absolute atomic E-state index is 0.0425. The number of fused-ring (bicyclic) bond motifs is 1. The third-order valence-corrected chi connectivity index (χ3v) is 9.00. The number of hydrogen-bond donors (Lipinski definition) is 8. The summed E-state index contributed by atoms with van der Waals surface area (Å²) in [5.74, 6) is -1.58. The predicted octanol–water partition coefficient (Wildman–Crippen LogP) is 0.502. The summed E-state index contributed by atoms with van der Waals surface area (Å²) in [6.45, 7) is -2.13. The number of benzene rings is 3. The van der Waals surface area contributed by atoms with Crippen LogP contribution in [0.2, 0.25) is 0 Å². The molecular weight excluding hydrogens is 732 g/mol. The van der Waals surface area contributed by atoms with E-state index in [9.17, 15) is 50.4 Å². The van der Waals surface area contributed by atoms with Crippen LogP contribution < -0.4 is 19.6 Å². The van der Waals surface area contributed by atoms with Gasteiger partial charge in [-0.1, -0.05) is 6.07 Å². The van der Waals surface area contributed by atoms with Gasteiger partial charge in [-0.25, -0.2) is 4.79 Å². The zero-order valence-corrected chi connectivity index (χ0v) is 29.2. The van der Waals surface area contributed by atoms with Gasteiger partial charge in [0.25, 0.3) is 0 Å². The SMILES string of the molecule is COc1cc(/C=C/C(=O)OC[C@@]2(O)CO[C@@H](O[C@H]3[C@H](Oc4cc(O)c5c(=O)cc(-c6ccc(O)c(OC)c6)oc5c4)O[C@H](CO)[C@@H](O)[C@@H]3O)[C@@H]2O)ccc1O. The molecule has 3 heterocycles. The van der Waals surface area contributed by atoms with Crippen LogP contribution in [0.15, 0.2) is 69.9 Å². The summed E-state index contributed by atoms with van der Waals surface area (Å²) in [5.41, 5.74) is -2.13. The molecule has 0 radical (unpaired) electrons. The Kier molecular flexibility index (Phi) is 11.5. The van der Waals surface area contributed by atoms with Crippen molar-refractivity contribution in [2.45, 2.75) is 48.7 Å². The lowest BCUT2D eigenvalue weighted by molar-refractivity contribution is -0.318. The van der Waals surface area contributed by atoms with E-state index in [1.807, 2.05) is 0 Å². The van der Waals surface area contributed by atoms with Gasteiger partial charge in [0.1, 0.15) is 59.3 Å². The number of esters is 1. The van der Waals surface area contributed by atoms with E-state index in [2.05, 4.69) is 0 Å². The van der Waals surface area contributed by atoms with Crippen molar-refractivity contribution >= 4 is 23.0 Å². The molecule has 18 nitrogen and oxygen atoms in total. The molecule has 8 N–H and O–H groups in total. The largest absolute Gasteiger partial charge is 0.507 e. The maximum atomic E-state index is 13.0. The third kappa shape index (κ3) is 8.16. The first-order valence-corrected chi connectivity index (χ1v) is 16.6. The Morgan fingerprint density at radius 2 is 1.62 bits per heavy atom. The lowest BCUT2D eigenvalue weighted by atomic mass is 9.98. The number of hydrogen-bond acceptors (Lipinski definition) is 18. The topological polar surface area (TPSA) is 274 Å². The average Bonchev–Trinajstić information content (AvgIpc) is 3.45. The van der Waals surface area contributed by atoms with Gasteiger partial charge in [-0.15, -0.1) is 0 Å². The quantitative estimate of drug-likeness (QED) is 0.0720. The number of ether oxygens (including phenoxy) is 7. The van der Waals surface area contributed by atoms with E-state index >= 15 is 0 Å². The Balaban J connectivity index is 1.18. The molecule has 55 heavy (non-hydrogen) atoms. The average molecular weight is 771 g/mol. The number of phenolic OH excluding ortho intramolecular Hbond substituents is 3. The van der Waals surface area contributed by atoms with E-state index in [4.69, 9.17) is 37.6 Å². The molecule has 0 amide bonds. The van der Waals surface area contributed by atoms with E-state index in [1.165, 1.54) is 62.8 Å². The second kappa shape index (κ2) is 16.1. The highest BCUT2D eigenvalue weighted by Crippen LogP contribution is 2.37. The van der Waals surface area contributed by atoms with Crippen LogP contribution in [0.3, 0.4) is 0 Å². The molecule has 3 aromatic carbocycles. The smallest absolute Gasteiger partial charge is 0.330 e. The van der Waals surface area contributed by atoms with Crippen LogP contribution in [0.4, 0.5) is 0 Å². The molecule has 2 aliphatic rings. The highest BCUT2D eigenvalue weighted by molar-refractivity contribution is 5.87. The molecule has 1 aromatic heterocycles. The fourth-order valence-corrected chi connectivity index (χ4v) is 5.97. The normalized spacial score (nSPS) is 26.6. The Morgan fingerprint density at radius 1 is 0.909 bits per heavy atom. The van der Waals surface area contributed by atoms with Crippen molar-refractivity contribution in [1.29, 1.82) is 0 Å². The van der Waals surface area contributed by atoms with Crippen LogP contribution in [-0.4, -0.2) is 130 Å². The Labute approximate surface area is 311 Å². The number of rotatable bonds is 12. The van der Waals surface area contributed by atoms with E-state index in [1.54, 1.807) is 0 Å².